The van der Waals surface area contributed by atoms with Crippen LogP contribution in [-0.2, 0) is 5.54 Å². The van der Waals surface area contributed by atoms with Gasteiger partial charge >= 0.3 is 0 Å². The van der Waals surface area contributed by atoms with E-state index in [0.29, 0.717) is 24.1 Å². The largest absolute Gasteiger partial charge is 0.497 e. The normalized spacial score (nSPS) is 19.1. The summed E-state index contributed by atoms with van der Waals surface area (Å²) in [5.41, 5.74) is 2.08. The van der Waals surface area contributed by atoms with Crippen molar-refractivity contribution in [3.63, 3.8) is 0 Å². The van der Waals surface area contributed by atoms with E-state index in [1.54, 1.807) is 13.2 Å². The minimum atomic E-state index is -0.571. The molecule has 1 saturated carbocycles. The van der Waals surface area contributed by atoms with E-state index >= 15 is 0 Å². The van der Waals surface area contributed by atoms with Gasteiger partial charge in [0.05, 0.1) is 23.7 Å². The zero-order chi connectivity index (χ0) is 23.2. The fourth-order valence-corrected chi connectivity index (χ4v) is 4.44. The van der Waals surface area contributed by atoms with Gasteiger partial charge in [-0.3, -0.25) is 14.7 Å². The number of carbonyl (C=O) groups is 1. The molecule has 6 nitrogen and oxygen atoms in total. The highest BCUT2D eigenvalue weighted by Crippen LogP contribution is 2.49. The molecule has 3 aromatic rings. The van der Waals surface area contributed by atoms with Crippen molar-refractivity contribution >= 4 is 16.8 Å². The van der Waals surface area contributed by atoms with Gasteiger partial charge in [0.15, 0.2) is 0 Å². The molecule has 1 saturated heterocycles. The lowest BCUT2D eigenvalue weighted by molar-refractivity contribution is 0.0767. The number of rotatable bonds is 7. The quantitative estimate of drug-likeness (QED) is 0.586. The molecule has 0 spiro atoms. The molecule has 0 bridgehead atoms. The Labute approximate surface area is 192 Å². The molecular weight excluding hydrogens is 421 g/mol. The average Bonchev–Trinajstić information content (AvgIpc) is 3.58. The van der Waals surface area contributed by atoms with Crippen LogP contribution in [0.15, 0.2) is 42.5 Å². The van der Waals surface area contributed by atoms with Crippen LogP contribution in [0.5, 0.6) is 11.5 Å². The van der Waals surface area contributed by atoms with Crippen LogP contribution in [0.3, 0.4) is 0 Å². The van der Waals surface area contributed by atoms with Crippen LogP contribution in [-0.4, -0.2) is 49.1 Å². The molecule has 5 rings (SSSR count). The zero-order valence-corrected chi connectivity index (χ0v) is 19.2. The molecule has 2 fully saturated rings. The first-order valence-electron chi connectivity index (χ1n) is 11.3. The molecule has 0 radical (unpaired) electrons. The van der Waals surface area contributed by atoms with Gasteiger partial charge in [-0.2, -0.15) is 0 Å². The Morgan fingerprint density at radius 2 is 2.03 bits per heavy atom. The number of benzene rings is 2. The first-order valence-corrected chi connectivity index (χ1v) is 11.3. The number of amides is 1. The van der Waals surface area contributed by atoms with Crippen LogP contribution < -0.4 is 14.8 Å². The van der Waals surface area contributed by atoms with Gasteiger partial charge in [-0.1, -0.05) is 6.07 Å². The highest BCUT2D eigenvalue weighted by atomic mass is 19.1. The fraction of sp³-hybridized carbons (Fsp3) is 0.385. The first-order chi connectivity index (χ1) is 15.9. The number of likely N-dealkylation sites (N-methyl/N-ethyl adjacent to an activating group) is 1. The Morgan fingerprint density at radius 1 is 1.21 bits per heavy atom. The Hall–Kier alpha value is -3.19. The first kappa shape index (κ1) is 21.6. The number of pyridine rings is 1. The molecule has 2 aromatic carbocycles. The fourth-order valence-electron chi connectivity index (χ4n) is 4.44. The van der Waals surface area contributed by atoms with E-state index in [2.05, 4.69) is 22.2 Å². The summed E-state index contributed by atoms with van der Waals surface area (Å²) in [6.07, 6.45) is 2.61. The summed E-state index contributed by atoms with van der Waals surface area (Å²) in [7, 11) is 3.66. The maximum Gasteiger partial charge on any atom is 0.255 e. The minimum absolute atomic E-state index is 0.0121. The van der Waals surface area contributed by atoms with E-state index in [0.717, 1.165) is 48.0 Å². The van der Waals surface area contributed by atoms with Crippen LogP contribution in [0, 0.1) is 12.7 Å². The highest BCUT2D eigenvalue weighted by molar-refractivity contribution is 5.96. The highest BCUT2D eigenvalue weighted by Gasteiger charge is 2.47. The summed E-state index contributed by atoms with van der Waals surface area (Å²) in [4.78, 5) is 20.0. The number of carbonyl (C=O) groups excluding carboxylic acids is 1. The molecule has 1 amide bonds. The van der Waals surface area contributed by atoms with Crippen molar-refractivity contribution in [2.75, 3.05) is 27.3 Å². The van der Waals surface area contributed by atoms with E-state index in [1.165, 1.54) is 12.1 Å². The van der Waals surface area contributed by atoms with E-state index in [4.69, 9.17) is 9.47 Å². The molecule has 1 aliphatic heterocycles. The van der Waals surface area contributed by atoms with Crippen LogP contribution in [0.1, 0.15) is 40.9 Å². The van der Waals surface area contributed by atoms with Gasteiger partial charge in [0, 0.05) is 23.2 Å². The Morgan fingerprint density at radius 3 is 2.70 bits per heavy atom. The maximum absolute atomic E-state index is 14.6. The number of nitrogens with one attached hydrogen (secondary N) is 1. The van der Waals surface area contributed by atoms with Gasteiger partial charge in [0.2, 0.25) is 0 Å². The van der Waals surface area contributed by atoms with Crippen molar-refractivity contribution in [3.05, 3.63) is 65.1 Å². The second-order valence-electron chi connectivity index (χ2n) is 9.11. The van der Waals surface area contributed by atoms with Gasteiger partial charge in [-0.25, -0.2) is 4.39 Å². The molecular formula is C26H28FN3O3. The van der Waals surface area contributed by atoms with E-state index in [-0.39, 0.29) is 5.56 Å². The monoisotopic (exact) mass is 449 g/mol. The summed E-state index contributed by atoms with van der Waals surface area (Å²) >= 11 is 0. The summed E-state index contributed by atoms with van der Waals surface area (Å²) in [6.45, 7) is 3.52. The second kappa shape index (κ2) is 8.30. The van der Waals surface area contributed by atoms with E-state index in [9.17, 15) is 9.18 Å². The summed E-state index contributed by atoms with van der Waals surface area (Å²) < 4.78 is 25.9. The predicted octanol–water partition coefficient (Wildman–Crippen LogP) is 4.19. The Kier molecular flexibility index (Phi) is 5.44. The number of aryl methyl sites for hydroxylation is 1. The second-order valence-corrected chi connectivity index (χ2v) is 9.11. The number of hydrogen-bond acceptors (Lipinski definition) is 5. The van der Waals surface area contributed by atoms with Crippen LogP contribution in [0.25, 0.3) is 10.9 Å². The number of ether oxygens (including phenoxy) is 2. The number of hydrogen-bond donors (Lipinski definition) is 1. The van der Waals surface area contributed by atoms with Crippen molar-refractivity contribution in [2.24, 2.45) is 0 Å². The van der Waals surface area contributed by atoms with Gasteiger partial charge < -0.3 is 14.8 Å². The number of fused-ring (bicyclic) bond motifs is 1. The topological polar surface area (TPSA) is 63.7 Å². The third kappa shape index (κ3) is 4.13. The molecule has 1 aromatic heterocycles. The predicted molar refractivity (Wildman–Crippen MR) is 124 cm³/mol. The van der Waals surface area contributed by atoms with Crippen molar-refractivity contribution in [1.29, 1.82) is 0 Å². The van der Waals surface area contributed by atoms with E-state index < -0.39 is 17.3 Å². The minimum Gasteiger partial charge on any atom is -0.497 e. The van der Waals surface area contributed by atoms with Crippen molar-refractivity contribution < 1.29 is 18.7 Å². The zero-order valence-electron chi connectivity index (χ0n) is 19.2. The molecule has 0 unspecified atom stereocenters. The van der Waals surface area contributed by atoms with Crippen LogP contribution in [0.4, 0.5) is 4.39 Å². The summed E-state index contributed by atoms with van der Waals surface area (Å²) in [5, 5.41) is 4.05. The Balaban J connectivity index is 1.41. The van der Waals surface area contributed by atoms with Crippen LogP contribution in [0.2, 0.25) is 0 Å². The van der Waals surface area contributed by atoms with Gasteiger partial charge in [-0.15, -0.1) is 0 Å². The molecule has 1 N–H and O–H groups in total. The molecule has 7 heteroatoms. The van der Waals surface area contributed by atoms with Crippen LogP contribution >= 0.6 is 0 Å². The van der Waals surface area contributed by atoms with Crippen molar-refractivity contribution in [2.45, 2.75) is 37.8 Å². The number of methoxy groups -OCH3 is 1. The average molecular weight is 450 g/mol. The smallest absolute Gasteiger partial charge is 0.255 e. The number of nitrogens with zero attached hydrogens (tertiary/aromatic N) is 2. The third-order valence-corrected chi connectivity index (χ3v) is 6.84. The molecule has 2 heterocycles. The molecule has 33 heavy (non-hydrogen) atoms. The summed E-state index contributed by atoms with van der Waals surface area (Å²) in [6, 6.07) is 12.5. The third-order valence-electron chi connectivity index (χ3n) is 6.84. The lowest BCUT2D eigenvalue weighted by Crippen LogP contribution is -2.48. The molecule has 1 atom stereocenters. The molecule has 1 aliphatic carbocycles. The van der Waals surface area contributed by atoms with Gasteiger partial charge in [0.1, 0.15) is 23.9 Å². The number of likely N-dealkylation sites (tertiary alicyclic amines) is 1. The van der Waals surface area contributed by atoms with Gasteiger partial charge in [-0.05, 0) is 75.7 Å². The van der Waals surface area contributed by atoms with Gasteiger partial charge in [0.25, 0.3) is 5.91 Å². The van der Waals surface area contributed by atoms with E-state index in [1.807, 2.05) is 31.2 Å². The van der Waals surface area contributed by atoms with Crippen molar-refractivity contribution in [3.8, 4) is 11.5 Å². The molecule has 172 valence electrons. The Bertz CT molecular complexity index is 1220. The number of halogens is 1. The standard InChI is InChI=1S/C26H28FN3O3/c1-16-4-6-20-22(13-19(32-3)14-24(20)28-16)26(9-10-26)29-25(31)21-12-18(5-7-23(21)27)33-15-17-8-11-30(17)2/h4-7,12-14,17H,8-11,15H2,1-3H3,(H,29,31)/t17-/m0/s1. The molecule has 2 aliphatic rings. The SMILES string of the molecule is COc1cc(C2(NC(=O)c3cc(OC[C@@H]4CCN4C)ccc3F)CC2)c2ccc(C)nc2c1. The lowest BCUT2D eigenvalue weighted by Gasteiger charge is -2.37. The van der Waals surface area contributed by atoms with Crippen molar-refractivity contribution in [1.82, 2.24) is 15.2 Å². The lowest BCUT2D eigenvalue weighted by atomic mass is 9.97. The summed E-state index contributed by atoms with van der Waals surface area (Å²) in [5.74, 6) is 0.160. The number of aromatic nitrogens is 1. The maximum atomic E-state index is 14.6.